The Kier molecular flexibility index (Phi) is 2.97. The number of aryl methyl sites for hydroxylation is 1. The summed E-state index contributed by atoms with van der Waals surface area (Å²) in [4.78, 5) is 0. The summed E-state index contributed by atoms with van der Waals surface area (Å²) in [5.74, 6) is 1.08. The van der Waals surface area contributed by atoms with Crippen LogP contribution >= 0.6 is 0 Å². The maximum Gasteiger partial charge on any atom is 0.153 e. The first-order valence-corrected chi connectivity index (χ1v) is 6.90. The number of aromatic amines is 1. The van der Waals surface area contributed by atoms with E-state index in [0.29, 0.717) is 11.7 Å². The summed E-state index contributed by atoms with van der Waals surface area (Å²) >= 11 is 0. The highest BCUT2D eigenvalue weighted by atomic mass is 15.1. The van der Waals surface area contributed by atoms with E-state index < -0.39 is 0 Å². The van der Waals surface area contributed by atoms with Crippen molar-refractivity contribution in [2.75, 3.05) is 5.73 Å². The predicted octanol–water partition coefficient (Wildman–Crippen LogP) is 4.24. The van der Waals surface area contributed by atoms with Crippen molar-refractivity contribution in [1.29, 1.82) is 0 Å². The van der Waals surface area contributed by atoms with Crippen molar-refractivity contribution in [3.63, 3.8) is 0 Å². The van der Waals surface area contributed by atoms with Gasteiger partial charge in [-0.05, 0) is 41.7 Å². The van der Waals surface area contributed by atoms with Gasteiger partial charge in [0.1, 0.15) is 0 Å². The zero-order valence-corrected chi connectivity index (χ0v) is 12.1. The Morgan fingerprint density at radius 3 is 2.60 bits per heavy atom. The SMILES string of the molecule is Cc1cc(-c2ccc3c(N)n[nH]c3c2)cc(C(C)C)c1. The Balaban J connectivity index is 2.14. The van der Waals surface area contributed by atoms with Crippen LogP contribution < -0.4 is 5.73 Å². The molecule has 0 fully saturated rings. The predicted molar refractivity (Wildman–Crippen MR) is 84.8 cm³/mol. The summed E-state index contributed by atoms with van der Waals surface area (Å²) in [5.41, 5.74) is 11.9. The first kappa shape index (κ1) is 12.7. The number of rotatable bonds is 2. The number of anilines is 1. The van der Waals surface area contributed by atoms with Crippen molar-refractivity contribution in [3.05, 3.63) is 47.5 Å². The van der Waals surface area contributed by atoms with Crippen molar-refractivity contribution in [2.24, 2.45) is 0 Å². The first-order valence-electron chi connectivity index (χ1n) is 6.90. The van der Waals surface area contributed by atoms with Crippen molar-refractivity contribution < 1.29 is 0 Å². The van der Waals surface area contributed by atoms with Crippen molar-refractivity contribution in [1.82, 2.24) is 10.2 Å². The molecule has 0 aliphatic rings. The Morgan fingerprint density at radius 1 is 1.05 bits per heavy atom. The highest BCUT2D eigenvalue weighted by Gasteiger charge is 2.07. The van der Waals surface area contributed by atoms with E-state index in [1.54, 1.807) is 0 Å². The van der Waals surface area contributed by atoms with Gasteiger partial charge in [0.15, 0.2) is 5.82 Å². The number of nitrogens with two attached hydrogens (primary N) is 1. The van der Waals surface area contributed by atoms with Crippen LogP contribution in [0.3, 0.4) is 0 Å². The third kappa shape index (κ3) is 2.16. The number of nitrogens with one attached hydrogen (secondary N) is 1. The van der Waals surface area contributed by atoms with Crippen LogP contribution in [0.25, 0.3) is 22.0 Å². The van der Waals surface area contributed by atoms with Crippen LogP contribution in [-0.4, -0.2) is 10.2 Å². The molecular weight excluding hydrogens is 246 g/mol. The van der Waals surface area contributed by atoms with Gasteiger partial charge in [0.05, 0.1) is 5.52 Å². The summed E-state index contributed by atoms with van der Waals surface area (Å²) in [6.07, 6.45) is 0. The van der Waals surface area contributed by atoms with Gasteiger partial charge in [0.2, 0.25) is 0 Å². The summed E-state index contributed by atoms with van der Waals surface area (Å²) in [5, 5.41) is 8.00. The maximum atomic E-state index is 5.81. The highest BCUT2D eigenvalue weighted by molar-refractivity contribution is 5.91. The molecule has 0 atom stereocenters. The topological polar surface area (TPSA) is 54.7 Å². The monoisotopic (exact) mass is 265 g/mol. The molecule has 3 N–H and O–H groups in total. The number of hydrogen-bond acceptors (Lipinski definition) is 2. The van der Waals surface area contributed by atoms with Crippen LogP contribution in [0.15, 0.2) is 36.4 Å². The third-order valence-corrected chi connectivity index (χ3v) is 3.69. The Labute approximate surface area is 118 Å². The summed E-state index contributed by atoms with van der Waals surface area (Å²) in [6.45, 7) is 6.58. The van der Waals surface area contributed by atoms with Gasteiger partial charge in [-0.1, -0.05) is 43.7 Å². The van der Waals surface area contributed by atoms with Gasteiger partial charge in [0, 0.05) is 5.39 Å². The molecule has 3 nitrogen and oxygen atoms in total. The van der Waals surface area contributed by atoms with E-state index in [2.05, 4.69) is 61.3 Å². The minimum absolute atomic E-state index is 0.528. The van der Waals surface area contributed by atoms with Crippen molar-refractivity contribution in [2.45, 2.75) is 26.7 Å². The van der Waals surface area contributed by atoms with Crippen LogP contribution in [0.4, 0.5) is 5.82 Å². The fourth-order valence-electron chi connectivity index (χ4n) is 2.53. The molecule has 20 heavy (non-hydrogen) atoms. The average Bonchev–Trinajstić information content (AvgIpc) is 2.79. The fourth-order valence-corrected chi connectivity index (χ4v) is 2.53. The average molecular weight is 265 g/mol. The summed E-state index contributed by atoms with van der Waals surface area (Å²) in [6, 6.07) is 13.0. The molecule has 0 aliphatic carbocycles. The first-order chi connectivity index (χ1) is 9.54. The van der Waals surface area contributed by atoms with Gasteiger partial charge in [0.25, 0.3) is 0 Å². The molecule has 1 aromatic heterocycles. The maximum absolute atomic E-state index is 5.81. The van der Waals surface area contributed by atoms with E-state index in [1.165, 1.54) is 22.3 Å². The molecule has 0 amide bonds. The minimum atomic E-state index is 0.528. The van der Waals surface area contributed by atoms with Crippen molar-refractivity contribution >= 4 is 16.7 Å². The largest absolute Gasteiger partial charge is 0.382 e. The normalized spacial score (nSPS) is 11.4. The van der Waals surface area contributed by atoms with Gasteiger partial charge in [-0.15, -0.1) is 0 Å². The standard InChI is InChI=1S/C17H19N3/c1-10(2)13-6-11(3)7-14(8-13)12-4-5-15-16(9-12)19-20-17(15)18/h4-10H,1-3H3,(H3,18,19,20). The van der Waals surface area contributed by atoms with Gasteiger partial charge < -0.3 is 5.73 Å². The van der Waals surface area contributed by atoms with Gasteiger partial charge in [-0.25, -0.2) is 0 Å². The lowest BCUT2D eigenvalue weighted by Gasteiger charge is -2.10. The molecule has 3 heteroatoms. The van der Waals surface area contributed by atoms with Crippen molar-refractivity contribution in [3.8, 4) is 11.1 Å². The molecule has 3 rings (SSSR count). The molecule has 0 bridgehead atoms. The molecule has 1 heterocycles. The number of H-pyrrole nitrogens is 1. The Bertz CT molecular complexity index is 769. The van der Waals surface area contributed by atoms with Gasteiger partial charge in [-0.2, -0.15) is 5.10 Å². The molecular formula is C17H19N3. The second kappa shape index (κ2) is 4.67. The second-order valence-corrected chi connectivity index (χ2v) is 5.66. The van der Waals surface area contributed by atoms with E-state index in [9.17, 15) is 0 Å². The molecule has 0 saturated heterocycles. The number of fused-ring (bicyclic) bond motifs is 1. The zero-order valence-electron chi connectivity index (χ0n) is 12.1. The second-order valence-electron chi connectivity index (χ2n) is 5.66. The summed E-state index contributed by atoms with van der Waals surface area (Å²) in [7, 11) is 0. The molecule has 0 unspecified atom stereocenters. The fraction of sp³-hybridized carbons (Fsp3) is 0.235. The zero-order chi connectivity index (χ0) is 14.3. The van der Waals surface area contributed by atoms with Crippen LogP contribution in [0.5, 0.6) is 0 Å². The lowest BCUT2D eigenvalue weighted by molar-refractivity contribution is 0.865. The molecule has 3 aromatic rings. The van der Waals surface area contributed by atoms with Gasteiger partial charge in [-0.3, -0.25) is 5.10 Å². The van der Waals surface area contributed by atoms with Crippen LogP contribution in [0, 0.1) is 6.92 Å². The number of nitrogen functional groups attached to an aromatic ring is 1. The quantitative estimate of drug-likeness (QED) is 0.728. The molecule has 0 saturated carbocycles. The van der Waals surface area contributed by atoms with Crippen LogP contribution in [0.1, 0.15) is 30.9 Å². The molecule has 0 spiro atoms. The van der Waals surface area contributed by atoms with Crippen LogP contribution in [0.2, 0.25) is 0 Å². The van der Waals surface area contributed by atoms with E-state index in [1.807, 2.05) is 6.07 Å². The van der Waals surface area contributed by atoms with Crippen LogP contribution in [-0.2, 0) is 0 Å². The molecule has 2 aromatic carbocycles. The Hall–Kier alpha value is -2.29. The number of nitrogens with zero attached hydrogens (tertiary/aromatic N) is 1. The Morgan fingerprint density at radius 2 is 1.85 bits per heavy atom. The lowest BCUT2D eigenvalue weighted by Crippen LogP contribution is -1.90. The molecule has 0 radical (unpaired) electrons. The number of benzene rings is 2. The van der Waals surface area contributed by atoms with E-state index in [4.69, 9.17) is 5.73 Å². The molecule has 102 valence electrons. The highest BCUT2D eigenvalue weighted by Crippen LogP contribution is 2.29. The lowest BCUT2D eigenvalue weighted by atomic mass is 9.95. The number of hydrogen-bond donors (Lipinski definition) is 2. The van der Waals surface area contributed by atoms with Gasteiger partial charge >= 0.3 is 0 Å². The third-order valence-electron chi connectivity index (χ3n) is 3.69. The van der Waals surface area contributed by atoms with E-state index in [-0.39, 0.29) is 0 Å². The van der Waals surface area contributed by atoms with E-state index >= 15 is 0 Å². The smallest absolute Gasteiger partial charge is 0.153 e. The number of aromatic nitrogens is 2. The van der Waals surface area contributed by atoms with E-state index in [0.717, 1.165) is 10.9 Å². The summed E-state index contributed by atoms with van der Waals surface area (Å²) < 4.78 is 0. The minimum Gasteiger partial charge on any atom is -0.382 e. The molecule has 0 aliphatic heterocycles.